The van der Waals surface area contributed by atoms with Crippen LogP contribution >= 0.6 is 0 Å². The standard InChI is InChI=1S/C23H32O4S2/c1-22(2,3)28(24)20-14-9-7-12-18(20)26-16-11-17-27-19-13-8-10-15-21(19)29(25)23(4,5)6/h7-10,12-15H,11,16-17H2,1-6H3. The van der Waals surface area contributed by atoms with Gasteiger partial charge < -0.3 is 9.47 Å². The summed E-state index contributed by atoms with van der Waals surface area (Å²) in [6.45, 7) is 12.6. The summed E-state index contributed by atoms with van der Waals surface area (Å²) < 4.78 is 36.5. The Morgan fingerprint density at radius 3 is 1.34 bits per heavy atom. The van der Waals surface area contributed by atoms with E-state index in [1.54, 1.807) is 0 Å². The summed E-state index contributed by atoms with van der Waals surface area (Å²) in [5, 5.41) is 0. The lowest BCUT2D eigenvalue weighted by atomic mass is 10.3. The number of hydrogen-bond donors (Lipinski definition) is 0. The summed E-state index contributed by atoms with van der Waals surface area (Å²) in [5.41, 5.74) is 0. The van der Waals surface area contributed by atoms with Gasteiger partial charge in [0.25, 0.3) is 0 Å². The molecule has 4 nitrogen and oxygen atoms in total. The van der Waals surface area contributed by atoms with Crippen LogP contribution in [0.25, 0.3) is 0 Å². The normalized spacial score (nSPS) is 14.3. The second-order valence-corrected chi connectivity index (χ2v) is 13.1. The Bertz CT molecular complexity index is 792. The van der Waals surface area contributed by atoms with Crippen molar-refractivity contribution in [3.63, 3.8) is 0 Å². The predicted octanol–water partition coefficient (Wildman–Crippen LogP) is 5.35. The lowest BCUT2D eigenvalue weighted by molar-refractivity contribution is 0.241. The number of benzene rings is 2. The highest BCUT2D eigenvalue weighted by molar-refractivity contribution is 7.86. The van der Waals surface area contributed by atoms with Gasteiger partial charge in [0.05, 0.1) is 44.6 Å². The zero-order valence-electron chi connectivity index (χ0n) is 18.2. The van der Waals surface area contributed by atoms with Gasteiger partial charge in [0, 0.05) is 15.9 Å². The Hall–Kier alpha value is -1.66. The van der Waals surface area contributed by atoms with Gasteiger partial charge in [-0.15, -0.1) is 0 Å². The number of para-hydroxylation sites is 2. The van der Waals surface area contributed by atoms with Crippen LogP contribution in [0.3, 0.4) is 0 Å². The Morgan fingerprint density at radius 1 is 0.655 bits per heavy atom. The fourth-order valence-electron chi connectivity index (χ4n) is 2.53. The minimum absolute atomic E-state index is 0.352. The van der Waals surface area contributed by atoms with Gasteiger partial charge in [0.1, 0.15) is 11.5 Å². The third-order valence-electron chi connectivity index (χ3n) is 4.01. The molecular formula is C23H32O4S2. The Balaban J connectivity index is 1.94. The number of hydrogen-bond acceptors (Lipinski definition) is 4. The van der Waals surface area contributed by atoms with Gasteiger partial charge in [0.2, 0.25) is 0 Å². The molecule has 6 heteroatoms. The van der Waals surface area contributed by atoms with E-state index in [2.05, 4.69) is 0 Å². The zero-order valence-corrected chi connectivity index (χ0v) is 19.8. The van der Waals surface area contributed by atoms with E-state index in [0.29, 0.717) is 40.9 Å². The van der Waals surface area contributed by atoms with E-state index in [-0.39, 0.29) is 9.49 Å². The summed E-state index contributed by atoms with van der Waals surface area (Å²) in [4.78, 5) is 1.43. The van der Waals surface area contributed by atoms with Gasteiger partial charge in [-0.3, -0.25) is 8.42 Å². The molecule has 0 N–H and O–H groups in total. The van der Waals surface area contributed by atoms with E-state index >= 15 is 0 Å². The first-order valence-electron chi connectivity index (χ1n) is 9.79. The van der Waals surface area contributed by atoms with Gasteiger partial charge in [-0.1, -0.05) is 24.3 Å². The van der Waals surface area contributed by atoms with Gasteiger partial charge in [-0.25, -0.2) is 0 Å². The molecule has 2 rings (SSSR count). The van der Waals surface area contributed by atoms with Crippen LogP contribution in [0.2, 0.25) is 0 Å². The quantitative estimate of drug-likeness (QED) is 0.524. The summed E-state index contributed by atoms with van der Waals surface area (Å²) in [5.74, 6) is 1.30. The van der Waals surface area contributed by atoms with E-state index in [1.807, 2.05) is 90.1 Å². The maximum atomic E-state index is 12.7. The van der Waals surface area contributed by atoms with Crippen molar-refractivity contribution in [3.05, 3.63) is 48.5 Å². The van der Waals surface area contributed by atoms with Crippen LogP contribution in [0.4, 0.5) is 0 Å². The Labute approximate surface area is 179 Å². The third kappa shape index (κ3) is 6.68. The summed E-state index contributed by atoms with van der Waals surface area (Å²) >= 11 is 0. The monoisotopic (exact) mass is 436 g/mol. The van der Waals surface area contributed by atoms with Crippen molar-refractivity contribution in [1.29, 1.82) is 0 Å². The molecule has 2 aromatic carbocycles. The van der Waals surface area contributed by atoms with E-state index in [0.717, 1.165) is 0 Å². The molecule has 0 aromatic heterocycles. The van der Waals surface area contributed by atoms with Gasteiger partial charge in [-0.2, -0.15) is 0 Å². The van der Waals surface area contributed by atoms with Crippen molar-refractivity contribution in [2.24, 2.45) is 0 Å². The molecule has 0 aliphatic heterocycles. The molecule has 0 saturated heterocycles. The fraction of sp³-hybridized carbons (Fsp3) is 0.478. The third-order valence-corrected chi connectivity index (χ3v) is 7.71. The first kappa shape index (κ1) is 23.6. The van der Waals surface area contributed by atoms with Crippen molar-refractivity contribution >= 4 is 21.6 Å². The molecule has 160 valence electrons. The van der Waals surface area contributed by atoms with Crippen molar-refractivity contribution in [1.82, 2.24) is 0 Å². The van der Waals surface area contributed by atoms with Gasteiger partial charge >= 0.3 is 0 Å². The summed E-state index contributed by atoms with van der Waals surface area (Å²) in [7, 11) is -2.31. The van der Waals surface area contributed by atoms with Crippen LogP contribution in [-0.2, 0) is 21.6 Å². The van der Waals surface area contributed by atoms with Crippen LogP contribution in [0, 0.1) is 0 Å². The lowest BCUT2D eigenvalue weighted by Gasteiger charge is -2.20. The molecule has 0 radical (unpaired) electrons. The number of ether oxygens (including phenoxy) is 2. The van der Waals surface area contributed by atoms with E-state index < -0.39 is 21.6 Å². The zero-order chi connectivity index (χ0) is 21.7. The largest absolute Gasteiger partial charge is 0.492 e. The van der Waals surface area contributed by atoms with E-state index in [4.69, 9.17) is 9.47 Å². The second-order valence-electron chi connectivity index (χ2n) is 8.71. The van der Waals surface area contributed by atoms with Crippen molar-refractivity contribution in [2.75, 3.05) is 13.2 Å². The average Bonchev–Trinajstić information content (AvgIpc) is 2.66. The molecule has 0 saturated carbocycles. The summed E-state index contributed by atoms with van der Waals surface area (Å²) in [6.07, 6.45) is 0.660. The van der Waals surface area contributed by atoms with Crippen molar-refractivity contribution in [2.45, 2.75) is 67.2 Å². The van der Waals surface area contributed by atoms with Crippen LogP contribution in [0.1, 0.15) is 48.0 Å². The fourth-order valence-corrected chi connectivity index (χ4v) is 4.87. The maximum Gasteiger partial charge on any atom is 0.135 e. The van der Waals surface area contributed by atoms with Gasteiger partial charge in [-0.05, 0) is 65.8 Å². The highest BCUT2D eigenvalue weighted by atomic mass is 32.2. The van der Waals surface area contributed by atoms with Crippen molar-refractivity contribution < 1.29 is 17.9 Å². The molecule has 2 unspecified atom stereocenters. The van der Waals surface area contributed by atoms with Crippen LogP contribution < -0.4 is 9.47 Å². The van der Waals surface area contributed by atoms with Crippen molar-refractivity contribution in [3.8, 4) is 11.5 Å². The Morgan fingerprint density at radius 2 is 1.00 bits per heavy atom. The van der Waals surface area contributed by atoms with Crippen LogP contribution in [0.5, 0.6) is 11.5 Å². The molecule has 0 bridgehead atoms. The molecule has 29 heavy (non-hydrogen) atoms. The maximum absolute atomic E-state index is 12.7. The summed E-state index contributed by atoms with van der Waals surface area (Å²) in [6, 6.07) is 14.9. The van der Waals surface area contributed by atoms with E-state index in [1.165, 1.54) is 0 Å². The highest BCUT2D eigenvalue weighted by Gasteiger charge is 2.25. The molecule has 2 aromatic rings. The molecule has 0 aliphatic carbocycles. The second kappa shape index (κ2) is 9.90. The minimum Gasteiger partial charge on any atom is -0.492 e. The number of rotatable bonds is 8. The molecule has 0 amide bonds. The molecule has 0 fully saturated rings. The lowest BCUT2D eigenvalue weighted by Crippen LogP contribution is -2.22. The highest BCUT2D eigenvalue weighted by Crippen LogP contribution is 2.30. The van der Waals surface area contributed by atoms with Crippen LogP contribution in [-0.4, -0.2) is 31.1 Å². The smallest absolute Gasteiger partial charge is 0.135 e. The molecule has 2 atom stereocenters. The van der Waals surface area contributed by atoms with Crippen LogP contribution in [0.15, 0.2) is 58.3 Å². The Kier molecular flexibility index (Phi) is 8.06. The topological polar surface area (TPSA) is 52.6 Å². The first-order chi connectivity index (χ1) is 13.5. The predicted molar refractivity (Wildman–Crippen MR) is 121 cm³/mol. The average molecular weight is 437 g/mol. The molecule has 0 aliphatic rings. The minimum atomic E-state index is -1.16. The molecule has 0 spiro atoms. The molecule has 0 heterocycles. The first-order valence-corrected chi connectivity index (χ1v) is 12.1. The van der Waals surface area contributed by atoms with E-state index in [9.17, 15) is 8.42 Å². The van der Waals surface area contributed by atoms with Gasteiger partial charge in [0.15, 0.2) is 0 Å². The SMILES string of the molecule is CC(C)(C)S(=O)c1ccccc1OCCCOc1ccccc1S(=O)C(C)(C)C. The molecular weight excluding hydrogens is 404 g/mol.